The lowest BCUT2D eigenvalue weighted by Crippen LogP contribution is -2.16. The van der Waals surface area contributed by atoms with Gasteiger partial charge in [-0.25, -0.2) is 4.39 Å². The Morgan fingerprint density at radius 3 is 2.44 bits per heavy atom. The molecule has 1 aliphatic carbocycles. The average Bonchev–Trinajstić information content (AvgIpc) is 3.81. The molecule has 4 rings (SSSR count). The summed E-state index contributed by atoms with van der Waals surface area (Å²) in [5.41, 5.74) is 4.62. The molecule has 0 aliphatic heterocycles. The minimum Gasteiger partial charge on any atom is -0.497 e. The molecule has 3 aromatic carbocycles. The Bertz CT molecular complexity index is 1280. The molecule has 4 nitrogen and oxygen atoms in total. The second kappa shape index (κ2) is 15.0. The predicted molar refractivity (Wildman–Crippen MR) is 165 cm³/mol. The fourth-order valence-corrected chi connectivity index (χ4v) is 5.49. The molecular formula is C36H47FO4. The first-order valence-corrected chi connectivity index (χ1v) is 15.1. The Labute approximate surface area is 245 Å². The summed E-state index contributed by atoms with van der Waals surface area (Å²) < 4.78 is 26.6. The van der Waals surface area contributed by atoms with E-state index < -0.39 is 5.97 Å². The maximum atomic E-state index is 15.0. The van der Waals surface area contributed by atoms with E-state index in [-0.39, 0.29) is 23.6 Å². The lowest BCUT2D eigenvalue weighted by atomic mass is 9.79. The molecule has 3 aromatic rings. The second-order valence-corrected chi connectivity index (χ2v) is 11.7. The molecule has 5 heteroatoms. The lowest BCUT2D eigenvalue weighted by Gasteiger charge is -2.26. The molecule has 1 fully saturated rings. The fraction of sp³-hybridized carbons (Fsp3) is 0.472. The molecule has 222 valence electrons. The summed E-state index contributed by atoms with van der Waals surface area (Å²) >= 11 is 0. The third-order valence-electron chi connectivity index (χ3n) is 7.79. The zero-order chi connectivity index (χ0) is 30.0. The number of benzene rings is 3. The highest BCUT2D eigenvalue weighted by atomic mass is 19.1. The number of hydrogen-bond donors (Lipinski definition) is 1. The molecule has 41 heavy (non-hydrogen) atoms. The van der Waals surface area contributed by atoms with Crippen LogP contribution in [-0.4, -0.2) is 18.2 Å². The molecule has 0 spiro atoms. The van der Waals surface area contributed by atoms with Gasteiger partial charge in [-0.2, -0.15) is 0 Å². The second-order valence-electron chi connectivity index (χ2n) is 11.7. The Balaban J connectivity index is 0.00000226. The standard InChI is InChI=1S/C34H41FO4.C2H6/c1-5-6-16-34(2,3)21-26-17-23(10-14-29(26)31-19-27(38-4)13-15-32(31)35)22-39-28-9-7-8-25(18-28)30(20-33(36)37)24-11-12-24;1-2/h7-10,13-15,17-19,24,30H,5-6,11-12,16,20-22H2,1-4H3,(H,36,37);1-2H3. The number of halogens is 1. The molecular weight excluding hydrogens is 515 g/mol. The van der Waals surface area contributed by atoms with Crippen LogP contribution in [0.25, 0.3) is 11.1 Å². The van der Waals surface area contributed by atoms with E-state index in [0.29, 0.717) is 23.8 Å². The van der Waals surface area contributed by atoms with Crippen molar-refractivity contribution in [2.75, 3.05) is 7.11 Å². The molecule has 1 aliphatic rings. The van der Waals surface area contributed by atoms with Gasteiger partial charge < -0.3 is 14.6 Å². The summed E-state index contributed by atoms with van der Waals surface area (Å²) in [7, 11) is 1.59. The molecule has 1 unspecified atom stereocenters. The number of ether oxygens (including phenoxy) is 2. The summed E-state index contributed by atoms with van der Waals surface area (Å²) in [6.07, 6.45) is 6.52. The zero-order valence-corrected chi connectivity index (χ0v) is 25.6. The molecule has 0 heterocycles. The highest BCUT2D eigenvalue weighted by Gasteiger charge is 2.33. The van der Waals surface area contributed by atoms with Crippen LogP contribution in [0.4, 0.5) is 4.39 Å². The summed E-state index contributed by atoms with van der Waals surface area (Å²) in [5, 5.41) is 9.39. The van der Waals surface area contributed by atoms with Gasteiger partial charge in [-0.15, -0.1) is 0 Å². The van der Waals surface area contributed by atoms with Crippen molar-refractivity contribution in [2.24, 2.45) is 11.3 Å². The van der Waals surface area contributed by atoms with Crippen LogP contribution in [0.15, 0.2) is 60.7 Å². The first kappa shape index (κ1) is 32.2. The van der Waals surface area contributed by atoms with E-state index in [4.69, 9.17) is 9.47 Å². The van der Waals surface area contributed by atoms with E-state index in [0.717, 1.165) is 66.5 Å². The Morgan fingerprint density at radius 2 is 1.78 bits per heavy atom. The first-order valence-electron chi connectivity index (χ1n) is 15.1. The number of methoxy groups -OCH3 is 1. The van der Waals surface area contributed by atoms with Gasteiger partial charge in [0.1, 0.15) is 23.9 Å². The van der Waals surface area contributed by atoms with Crippen LogP contribution >= 0.6 is 0 Å². The molecule has 0 radical (unpaired) electrons. The van der Waals surface area contributed by atoms with Gasteiger partial charge in [0, 0.05) is 5.56 Å². The van der Waals surface area contributed by atoms with Crippen LogP contribution in [0, 0.1) is 17.2 Å². The van der Waals surface area contributed by atoms with E-state index in [1.807, 2.05) is 50.2 Å². The van der Waals surface area contributed by atoms with Gasteiger partial charge in [0.15, 0.2) is 0 Å². The third-order valence-corrected chi connectivity index (χ3v) is 7.79. The Hall–Kier alpha value is -3.34. The van der Waals surface area contributed by atoms with E-state index >= 15 is 4.39 Å². The summed E-state index contributed by atoms with van der Waals surface area (Å²) in [6.45, 7) is 11.1. The zero-order valence-electron chi connectivity index (χ0n) is 25.6. The molecule has 1 N–H and O–H groups in total. The first-order chi connectivity index (χ1) is 19.7. The predicted octanol–water partition coefficient (Wildman–Crippen LogP) is 9.83. The molecule has 1 atom stereocenters. The molecule has 0 amide bonds. The highest BCUT2D eigenvalue weighted by molar-refractivity contribution is 5.70. The molecule has 0 bridgehead atoms. The van der Waals surface area contributed by atoms with E-state index in [1.54, 1.807) is 19.2 Å². The van der Waals surface area contributed by atoms with Crippen molar-refractivity contribution >= 4 is 5.97 Å². The number of unbranched alkanes of at least 4 members (excludes halogenated alkanes) is 1. The lowest BCUT2D eigenvalue weighted by molar-refractivity contribution is -0.137. The quantitative estimate of drug-likeness (QED) is 0.212. The SMILES string of the molecule is CC.CCCCC(C)(C)Cc1cc(COc2cccc(C(CC(=O)O)C3CC3)c2)ccc1-c1cc(OC)ccc1F. The number of carboxylic acids is 1. The largest absolute Gasteiger partial charge is 0.497 e. The van der Waals surface area contributed by atoms with Crippen molar-refractivity contribution in [3.05, 3.63) is 83.2 Å². The van der Waals surface area contributed by atoms with E-state index in [2.05, 4.69) is 26.8 Å². The van der Waals surface area contributed by atoms with Crippen molar-refractivity contribution in [3.8, 4) is 22.6 Å². The van der Waals surface area contributed by atoms with Crippen molar-refractivity contribution < 1.29 is 23.8 Å². The number of rotatable bonds is 14. The average molecular weight is 563 g/mol. The van der Waals surface area contributed by atoms with E-state index in [9.17, 15) is 9.90 Å². The minimum atomic E-state index is -0.764. The van der Waals surface area contributed by atoms with Crippen LogP contribution < -0.4 is 9.47 Å². The highest BCUT2D eigenvalue weighted by Crippen LogP contribution is 2.45. The normalized spacial score (nSPS) is 13.6. The maximum absolute atomic E-state index is 15.0. The van der Waals surface area contributed by atoms with Crippen LogP contribution in [-0.2, 0) is 17.8 Å². The number of hydrogen-bond acceptors (Lipinski definition) is 3. The summed E-state index contributed by atoms with van der Waals surface area (Å²) in [4.78, 5) is 11.4. The summed E-state index contributed by atoms with van der Waals surface area (Å²) in [5.74, 6) is 0.800. The van der Waals surface area contributed by atoms with Crippen LogP contribution in [0.1, 0.15) is 95.8 Å². The molecule has 1 saturated carbocycles. The van der Waals surface area contributed by atoms with E-state index in [1.165, 1.54) is 6.07 Å². The van der Waals surface area contributed by atoms with Gasteiger partial charge in [-0.1, -0.05) is 77.8 Å². The number of carboxylic acid groups (broad SMARTS) is 1. The van der Waals surface area contributed by atoms with Crippen molar-refractivity contribution in [1.29, 1.82) is 0 Å². The van der Waals surface area contributed by atoms with Gasteiger partial charge in [-0.05, 0) is 95.5 Å². The van der Waals surface area contributed by atoms with Gasteiger partial charge in [-0.3, -0.25) is 4.79 Å². The van der Waals surface area contributed by atoms with Gasteiger partial charge in [0.05, 0.1) is 13.5 Å². The van der Waals surface area contributed by atoms with Gasteiger partial charge >= 0.3 is 5.97 Å². The van der Waals surface area contributed by atoms with Gasteiger partial charge in [0.2, 0.25) is 0 Å². The fourth-order valence-electron chi connectivity index (χ4n) is 5.49. The van der Waals surface area contributed by atoms with Crippen molar-refractivity contribution in [1.82, 2.24) is 0 Å². The van der Waals surface area contributed by atoms with Gasteiger partial charge in [0.25, 0.3) is 0 Å². The summed E-state index contributed by atoms with van der Waals surface area (Å²) in [6, 6.07) is 18.9. The molecule has 0 aromatic heterocycles. The van der Waals surface area contributed by atoms with Crippen molar-refractivity contribution in [2.45, 2.75) is 92.1 Å². The van der Waals surface area contributed by atoms with Crippen molar-refractivity contribution in [3.63, 3.8) is 0 Å². The van der Waals surface area contributed by atoms with Crippen LogP contribution in [0.2, 0.25) is 0 Å². The minimum absolute atomic E-state index is 0.0278. The maximum Gasteiger partial charge on any atom is 0.303 e. The number of aliphatic carboxylic acids is 1. The molecule has 0 saturated heterocycles. The smallest absolute Gasteiger partial charge is 0.303 e. The Kier molecular flexibility index (Phi) is 11.8. The number of carbonyl (C=O) groups is 1. The van der Waals surface area contributed by atoms with Crippen LogP contribution in [0.5, 0.6) is 11.5 Å². The topological polar surface area (TPSA) is 55.8 Å². The monoisotopic (exact) mass is 562 g/mol. The third kappa shape index (κ3) is 9.34. The Morgan fingerprint density at radius 1 is 1.02 bits per heavy atom. The van der Waals surface area contributed by atoms with Crippen LogP contribution in [0.3, 0.4) is 0 Å².